The Labute approximate surface area is 237 Å². The smallest absolute Gasteiger partial charge is 0.264 e. The van der Waals surface area contributed by atoms with E-state index in [0.29, 0.717) is 24.3 Å². The zero-order valence-electron chi connectivity index (χ0n) is 24.0. The summed E-state index contributed by atoms with van der Waals surface area (Å²) in [4.78, 5) is 30.7. The van der Waals surface area contributed by atoms with Gasteiger partial charge in [-0.1, -0.05) is 31.9 Å². The van der Waals surface area contributed by atoms with Crippen LogP contribution in [0, 0.1) is 5.92 Å². The van der Waals surface area contributed by atoms with Gasteiger partial charge < -0.3 is 28.5 Å². The number of aliphatic hydroxyl groups is 1. The van der Waals surface area contributed by atoms with Crippen LogP contribution in [0.1, 0.15) is 56.6 Å². The molecule has 2 amide bonds. The number of carbonyl (C=O) groups excluding carboxylic acids is 2. The first-order chi connectivity index (χ1) is 19.1. The Morgan fingerprint density at radius 3 is 2.50 bits per heavy atom. The number of hydrogen-bond donors (Lipinski definition) is 1. The van der Waals surface area contributed by atoms with Crippen molar-refractivity contribution in [1.82, 2.24) is 0 Å². The Hall–Kier alpha value is -2.75. The molecule has 1 spiro atoms. The van der Waals surface area contributed by atoms with E-state index in [0.717, 1.165) is 49.2 Å². The molecule has 0 radical (unpaired) electrons. The molecule has 2 fully saturated rings. The average molecular weight is 569 g/mol. The van der Waals surface area contributed by atoms with Crippen molar-refractivity contribution in [3.05, 3.63) is 53.6 Å². The number of carbonyl (C=O) groups is 2. The molecule has 2 aromatic rings. The molecular formula is C31H41FN2O5Si. The lowest BCUT2D eigenvalue weighted by Gasteiger charge is -2.31. The fourth-order valence-electron chi connectivity index (χ4n) is 7.10. The number of methoxy groups -OCH3 is 1. The third-order valence-corrected chi connectivity index (χ3v) is 11.5. The summed E-state index contributed by atoms with van der Waals surface area (Å²) in [6.07, 6.45) is 4.46. The first kappa shape index (κ1) is 28.8. The van der Waals surface area contributed by atoms with Gasteiger partial charge in [0.2, 0.25) is 14.3 Å². The molecule has 0 unspecified atom stereocenters. The number of hydrogen-bond acceptors (Lipinski definition) is 5. The monoisotopic (exact) mass is 568 g/mol. The van der Waals surface area contributed by atoms with Gasteiger partial charge in [0.25, 0.3) is 5.91 Å². The molecular weight excluding hydrogens is 527 g/mol. The number of halogens is 1. The average Bonchev–Trinajstić information content (AvgIpc) is 3.33. The van der Waals surface area contributed by atoms with Crippen molar-refractivity contribution in [3.8, 4) is 5.75 Å². The van der Waals surface area contributed by atoms with Gasteiger partial charge in [0.1, 0.15) is 5.75 Å². The Kier molecular flexibility index (Phi) is 8.10. The quantitative estimate of drug-likeness (QED) is 0.343. The summed E-state index contributed by atoms with van der Waals surface area (Å²) in [7, 11) is -1.68. The molecule has 5 rings (SSSR count). The summed E-state index contributed by atoms with van der Waals surface area (Å²) in [6, 6.07) is 13.4. The summed E-state index contributed by atoms with van der Waals surface area (Å²) < 4.78 is 27.8. The number of rotatable bonds is 7. The Morgan fingerprint density at radius 2 is 1.82 bits per heavy atom. The molecule has 0 aliphatic carbocycles. The Balaban J connectivity index is 1.48. The van der Waals surface area contributed by atoms with Crippen LogP contribution in [0.15, 0.2) is 42.5 Å². The minimum Gasteiger partial charge on any atom is -0.497 e. The van der Waals surface area contributed by atoms with Crippen molar-refractivity contribution in [2.24, 2.45) is 5.92 Å². The summed E-state index contributed by atoms with van der Waals surface area (Å²) in [5.74, 6) is 0.130. The molecule has 0 bridgehead atoms. The highest BCUT2D eigenvalue weighted by molar-refractivity contribution is 6.72. The molecule has 3 aliphatic heterocycles. The molecule has 0 aromatic heterocycles. The molecule has 3 aliphatic rings. The van der Waals surface area contributed by atoms with Crippen LogP contribution in [0.4, 0.5) is 15.5 Å². The maximum atomic E-state index is 15.7. The number of benzene rings is 2. The third-order valence-electron chi connectivity index (χ3n) is 8.99. The summed E-state index contributed by atoms with van der Waals surface area (Å²) in [5, 5.41) is 9.75. The van der Waals surface area contributed by atoms with Gasteiger partial charge in [0, 0.05) is 42.3 Å². The van der Waals surface area contributed by atoms with Crippen LogP contribution >= 0.6 is 0 Å². The van der Waals surface area contributed by atoms with E-state index in [4.69, 9.17) is 9.47 Å². The predicted octanol–water partition coefficient (Wildman–Crippen LogP) is 5.70. The standard InChI is InChI=1S/C31H41FN2O5Si/c1-21-29(40(3,4)32)27(16-18-35)39-31(21)25-19-24(38-2)14-15-26(25)34(30(31)37)20-22-10-12-23(13-11-22)33-17-8-6-5-7-9-28(33)36/h10-15,19,21,27,29,35H,5-9,16-18,20H2,1-4H3/t21-,27+,29-,31+/m1/s1. The van der Waals surface area contributed by atoms with Crippen LogP contribution in [0.25, 0.3) is 0 Å². The maximum absolute atomic E-state index is 15.7. The molecule has 1 N–H and O–H groups in total. The Morgan fingerprint density at radius 1 is 1.10 bits per heavy atom. The third kappa shape index (κ3) is 4.97. The molecule has 3 heterocycles. The van der Waals surface area contributed by atoms with E-state index >= 15 is 4.11 Å². The van der Waals surface area contributed by atoms with Crippen molar-refractivity contribution in [3.63, 3.8) is 0 Å². The number of fused-ring (bicyclic) bond motifs is 2. The van der Waals surface area contributed by atoms with E-state index in [1.54, 1.807) is 25.1 Å². The second-order valence-electron chi connectivity index (χ2n) is 11.9. The lowest BCUT2D eigenvalue weighted by Crippen LogP contribution is -2.45. The number of amides is 2. The normalized spacial score (nSPS) is 27.2. The van der Waals surface area contributed by atoms with Crippen molar-refractivity contribution in [1.29, 1.82) is 0 Å². The zero-order chi connectivity index (χ0) is 28.7. The zero-order valence-corrected chi connectivity index (χ0v) is 25.0. The van der Waals surface area contributed by atoms with Crippen molar-refractivity contribution < 1.29 is 28.3 Å². The van der Waals surface area contributed by atoms with E-state index in [1.165, 1.54) is 0 Å². The molecule has 40 heavy (non-hydrogen) atoms. The van der Waals surface area contributed by atoms with Crippen LogP contribution in [-0.2, 0) is 26.5 Å². The molecule has 2 aromatic carbocycles. The Bertz CT molecular complexity index is 1250. The van der Waals surface area contributed by atoms with Crippen molar-refractivity contribution in [2.45, 2.75) is 82.3 Å². The molecule has 0 saturated carbocycles. The van der Waals surface area contributed by atoms with E-state index in [2.05, 4.69) is 0 Å². The lowest BCUT2D eigenvalue weighted by atomic mass is 9.82. The van der Waals surface area contributed by atoms with Gasteiger partial charge in [-0.2, -0.15) is 0 Å². The molecule has 216 valence electrons. The first-order valence-electron chi connectivity index (χ1n) is 14.5. The molecule has 4 atom stereocenters. The van der Waals surface area contributed by atoms with Gasteiger partial charge in [-0.15, -0.1) is 0 Å². The van der Waals surface area contributed by atoms with Gasteiger partial charge in [-0.3, -0.25) is 9.59 Å². The van der Waals surface area contributed by atoms with E-state index < -0.39 is 31.6 Å². The van der Waals surface area contributed by atoms with Crippen LogP contribution in [0.5, 0.6) is 5.75 Å². The minimum absolute atomic E-state index is 0.136. The summed E-state index contributed by atoms with van der Waals surface area (Å²) >= 11 is 0. The number of aliphatic hydroxyl groups excluding tert-OH is 1. The maximum Gasteiger partial charge on any atom is 0.264 e. The molecule has 2 saturated heterocycles. The van der Waals surface area contributed by atoms with E-state index in [1.807, 2.05) is 54.3 Å². The first-order valence-corrected chi connectivity index (χ1v) is 17.4. The second-order valence-corrected chi connectivity index (χ2v) is 15.7. The second kappa shape index (κ2) is 11.3. The van der Waals surface area contributed by atoms with Crippen LogP contribution in [-0.4, -0.2) is 51.7 Å². The largest absolute Gasteiger partial charge is 0.497 e. The highest BCUT2D eigenvalue weighted by atomic mass is 28.4. The highest BCUT2D eigenvalue weighted by Crippen LogP contribution is 2.60. The van der Waals surface area contributed by atoms with Crippen molar-refractivity contribution >= 4 is 31.6 Å². The van der Waals surface area contributed by atoms with E-state index in [-0.39, 0.29) is 24.8 Å². The van der Waals surface area contributed by atoms with Crippen molar-refractivity contribution in [2.75, 3.05) is 30.1 Å². The summed E-state index contributed by atoms with van der Waals surface area (Å²) in [6.45, 7) is 6.13. The summed E-state index contributed by atoms with van der Waals surface area (Å²) in [5.41, 5.74) is 1.42. The number of anilines is 2. The number of nitrogens with zero attached hydrogens (tertiary/aromatic N) is 2. The minimum atomic E-state index is -3.26. The van der Waals surface area contributed by atoms with Gasteiger partial charge in [-0.25, -0.2) is 0 Å². The van der Waals surface area contributed by atoms with E-state index in [9.17, 15) is 14.7 Å². The van der Waals surface area contributed by atoms with Gasteiger partial charge >= 0.3 is 0 Å². The lowest BCUT2D eigenvalue weighted by molar-refractivity contribution is -0.146. The SMILES string of the molecule is COc1ccc2c(c1)[C@]1(O[C@@H](CCO)[C@H]([Si](C)(C)F)[C@H]1C)C(=O)N2Cc1ccc(N2CCCCCCC2=O)cc1. The fourth-order valence-corrected chi connectivity index (χ4v) is 9.65. The molecule has 9 heteroatoms. The number of ether oxygens (including phenoxy) is 2. The van der Waals surface area contributed by atoms with Gasteiger partial charge in [0.05, 0.1) is 25.4 Å². The highest BCUT2D eigenvalue weighted by Gasteiger charge is 2.66. The van der Waals surface area contributed by atoms with Crippen LogP contribution < -0.4 is 14.5 Å². The van der Waals surface area contributed by atoms with Crippen LogP contribution in [0.3, 0.4) is 0 Å². The predicted molar refractivity (Wildman–Crippen MR) is 156 cm³/mol. The van der Waals surface area contributed by atoms with Crippen LogP contribution in [0.2, 0.25) is 18.6 Å². The topological polar surface area (TPSA) is 79.3 Å². The molecule has 7 nitrogen and oxygen atoms in total. The fraction of sp³-hybridized carbons (Fsp3) is 0.548. The van der Waals surface area contributed by atoms with Gasteiger partial charge in [-0.05, 0) is 68.3 Å². The van der Waals surface area contributed by atoms with Gasteiger partial charge in [0.15, 0.2) is 5.60 Å².